The lowest BCUT2D eigenvalue weighted by Crippen LogP contribution is -2.43. The summed E-state index contributed by atoms with van der Waals surface area (Å²) < 4.78 is 13.6. The SMILES string of the molecule is O=C(NNC(=O)c1ccncc1)Nc1ccc(Br)c(F)c1. The third kappa shape index (κ3) is 4.25. The van der Waals surface area contributed by atoms with Gasteiger partial charge in [0.2, 0.25) is 0 Å². The first-order valence-corrected chi connectivity index (χ1v) is 6.58. The fraction of sp³-hybridized carbons (Fsp3) is 0. The molecule has 0 fully saturated rings. The molecule has 3 N–H and O–H groups in total. The van der Waals surface area contributed by atoms with Gasteiger partial charge >= 0.3 is 6.03 Å². The first-order valence-electron chi connectivity index (χ1n) is 5.78. The molecule has 3 amide bonds. The summed E-state index contributed by atoms with van der Waals surface area (Å²) in [5, 5.41) is 2.38. The van der Waals surface area contributed by atoms with Gasteiger partial charge in [-0.15, -0.1) is 0 Å². The van der Waals surface area contributed by atoms with Crippen LogP contribution in [0.4, 0.5) is 14.9 Å². The number of anilines is 1. The number of carbonyl (C=O) groups is 2. The minimum atomic E-state index is -0.695. The van der Waals surface area contributed by atoms with Gasteiger partial charge in [0.1, 0.15) is 5.82 Å². The van der Waals surface area contributed by atoms with Crippen LogP contribution in [0.2, 0.25) is 0 Å². The first-order chi connectivity index (χ1) is 10.1. The molecular formula is C13H10BrFN4O2. The zero-order chi connectivity index (χ0) is 15.2. The van der Waals surface area contributed by atoms with E-state index >= 15 is 0 Å². The normalized spacial score (nSPS) is 9.81. The van der Waals surface area contributed by atoms with Crippen LogP contribution in [0.3, 0.4) is 0 Å². The molecule has 0 bridgehead atoms. The van der Waals surface area contributed by atoms with Crippen LogP contribution in [0.25, 0.3) is 0 Å². The van der Waals surface area contributed by atoms with Crippen molar-refractivity contribution in [2.24, 2.45) is 0 Å². The molecule has 2 aromatic rings. The first kappa shape index (κ1) is 14.9. The number of nitrogens with zero attached hydrogens (tertiary/aromatic N) is 1. The van der Waals surface area contributed by atoms with Gasteiger partial charge in [-0.05, 0) is 46.3 Å². The summed E-state index contributed by atoms with van der Waals surface area (Å²) in [6.07, 6.45) is 2.92. The van der Waals surface area contributed by atoms with Gasteiger partial charge in [0.05, 0.1) is 4.47 Å². The molecule has 1 heterocycles. The highest BCUT2D eigenvalue weighted by molar-refractivity contribution is 9.10. The fourth-order valence-corrected chi connectivity index (χ4v) is 1.67. The number of carbonyl (C=O) groups excluding carboxylic acids is 2. The van der Waals surface area contributed by atoms with Crippen LogP contribution in [0.5, 0.6) is 0 Å². The number of pyridine rings is 1. The van der Waals surface area contributed by atoms with Gasteiger partial charge in [0.25, 0.3) is 5.91 Å². The fourth-order valence-electron chi connectivity index (χ4n) is 1.43. The van der Waals surface area contributed by atoms with Crippen molar-refractivity contribution in [3.63, 3.8) is 0 Å². The number of urea groups is 1. The quantitative estimate of drug-likeness (QED) is 0.726. The Kier molecular flexibility index (Phi) is 4.83. The third-order valence-electron chi connectivity index (χ3n) is 2.41. The molecule has 108 valence electrons. The van der Waals surface area contributed by atoms with Crippen molar-refractivity contribution < 1.29 is 14.0 Å². The lowest BCUT2D eigenvalue weighted by molar-refractivity contribution is 0.0938. The molecule has 2 rings (SSSR count). The highest BCUT2D eigenvalue weighted by Crippen LogP contribution is 2.19. The molecule has 6 nitrogen and oxygen atoms in total. The van der Waals surface area contributed by atoms with Crippen LogP contribution in [0.1, 0.15) is 10.4 Å². The predicted molar refractivity (Wildman–Crippen MR) is 78.0 cm³/mol. The zero-order valence-electron chi connectivity index (χ0n) is 10.6. The molecule has 1 aromatic heterocycles. The lowest BCUT2D eigenvalue weighted by atomic mass is 10.3. The molecule has 1 aromatic carbocycles. The van der Waals surface area contributed by atoms with Gasteiger partial charge in [0, 0.05) is 23.6 Å². The number of hydrazine groups is 1. The molecule has 8 heteroatoms. The molecule has 0 unspecified atom stereocenters. The van der Waals surface area contributed by atoms with Gasteiger partial charge in [0.15, 0.2) is 0 Å². The molecule has 0 saturated heterocycles. The maximum atomic E-state index is 13.3. The average molecular weight is 353 g/mol. The molecule has 0 atom stereocenters. The summed E-state index contributed by atoms with van der Waals surface area (Å²) in [6.45, 7) is 0. The van der Waals surface area contributed by atoms with E-state index in [2.05, 4.69) is 37.1 Å². The second kappa shape index (κ2) is 6.80. The Morgan fingerprint density at radius 1 is 1.10 bits per heavy atom. The van der Waals surface area contributed by atoms with Gasteiger partial charge in [-0.1, -0.05) is 0 Å². The van der Waals surface area contributed by atoms with Gasteiger partial charge in [-0.2, -0.15) is 0 Å². The molecule has 21 heavy (non-hydrogen) atoms. The van der Waals surface area contributed by atoms with Crippen LogP contribution in [-0.2, 0) is 0 Å². The van der Waals surface area contributed by atoms with Crippen LogP contribution in [-0.4, -0.2) is 16.9 Å². The van der Waals surface area contributed by atoms with Crippen molar-refractivity contribution in [3.8, 4) is 0 Å². The van der Waals surface area contributed by atoms with E-state index in [0.29, 0.717) is 10.0 Å². The van der Waals surface area contributed by atoms with Gasteiger partial charge in [-0.25, -0.2) is 14.6 Å². The van der Waals surface area contributed by atoms with Crippen molar-refractivity contribution in [2.45, 2.75) is 0 Å². The van der Waals surface area contributed by atoms with Crippen LogP contribution < -0.4 is 16.2 Å². The van der Waals surface area contributed by atoms with E-state index < -0.39 is 17.8 Å². The Hall–Kier alpha value is -2.48. The van der Waals surface area contributed by atoms with E-state index in [-0.39, 0.29) is 5.69 Å². The topological polar surface area (TPSA) is 83.1 Å². The Morgan fingerprint density at radius 3 is 2.48 bits per heavy atom. The Labute approximate surface area is 127 Å². The van der Waals surface area contributed by atoms with Crippen molar-refractivity contribution in [1.29, 1.82) is 0 Å². The number of hydrogen-bond acceptors (Lipinski definition) is 3. The van der Waals surface area contributed by atoms with E-state index in [9.17, 15) is 14.0 Å². The molecule has 0 spiro atoms. The Bertz CT molecular complexity index is 666. The monoisotopic (exact) mass is 352 g/mol. The van der Waals surface area contributed by atoms with E-state index in [1.54, 1.807) is 0 Å². The number of aromatic nitrogens is 1. The summed E-state index contributed by atoms with van der Waals surface area (Å²) >= 11 is 3.01. The van der Waals surface area contributed by atoms with E-state index in [4.69, 9.17) is 0 Å². The number of benzene rings is 1. The minimum Gasteiger partial charge on any atom is -0.306 e. The van der Waals surface area contributed by atoms with Gasteiger partial charge in [-0.3, -0.25) is 15.2 Å². The smallest absolute Gasteiger partial charge is 0.306 e. The second-order valence-corrected chi connectivity index (χ2v) is 4.75. The highest BCUT2D eigenvalue weighted by atomic mass is 79.9. The highest BCUT2D eigenvalue weighted by Gasteiger charge is 2.08. The number of halogens is 2. The molecule has 0 radical (unpaired) electrons. The zero-order valence-corrected chi connectivity index (χ0v) is 12.1. The van der Waals surface area contributed by atoms with Crippen molar-refractivity contribution >= 4 is 33.6 Å². The standard InChI is InChI=1S/C13H10BrFN4O2/c14-10-2-1-9(7-11(10)15)17-13(21)19-18-12(20)8-3-5-16-6-4-8/h1-7H,(H,18,20)(H2,17,19,21). The summed E-state index contributed by atoms with van der Waals surface area (Å²) in [7, 11) is 0. The molecule has 0 aliphatic carbocycles. The summed E-state index contributed by atoms with van der Waals surface area (Å²) in [5.41, 5.74) is 4.98. The van der Waals surface area contributed by atoms with Crippen molar-refractivity contribution in [1.82, 2.24) is 15.8 Å². The van der Waals surface area contributed by atoms with Crippen molar-refractivity contribution in [2.75, 3.05) is 5.32 Å². The van der Waals surface area contributed by atoms with Crippen LogP contribution in [0, 0.1) is 5.82 Å². The van der Waals surface area contributed by atoms with Crippen LogP contribution in [0.15, 0.2) is 47.2 Å². The number of hydrogen-bond donors (Lipinski definition) is 3. The average Bonchev–Trinajstić information content (AvgIpc) is 2.49. The van der Waals surface area contributed by atoms with E-state index in [0.717, 1.165) is 6.07 Å². The maximum Gasteiger partial charge on any atom is 0.337 e. The summed E-state index contributed by atoms with van der Waals surface area (Å²) in [4.78, 5) is 27.0. The maximum absolute atomic E-state index is 13.3. The molecule has 0 aliphatic rings. The predicted octanol–water partition coefficient (Wildman–Crippen LogP) is 2.45. The largest absolute Gasteiger partial charge is 0.337 e. The summed E-state index contributed by atoms with van der Waals surface area (Å²) in [6, 6.07) is 6.42. The number of rotatable bonds is 2. The lowest BCUT2D eigenvalue weighted by Gasteiger charge is -2.09. The third-order valence-corrected chi connectivity index (χ3v) is 3.05. The van der Waals surface area contributed by atoms with Crippen LogP contribution >= 0.6 is 15.9 Å². The van der Waals surface area contributed by atoms with E-state index in [1.807, 2.05) is 0 Å². The minimum absolute atomic E-state index is 0.256. The number of nitrogens with one attached hydrogen (secondary N) is 3. The van der Waals surface area contributed by atoms with Crippen molar-refractivity contribution in [3.05, 3.63) is 58.6 Å². The van der Waals surface area contributed by atoms with Gasteiger partial charge < -0.3 is 5.32 Å². The summed E-state index contributed by atoms with van der Waals surface area (Å²) in [5.74, 6) is -0.997. The van der Waals surface area contributed by atoms with E-state index in [1.165, 1.54) is 36.7 Å². The number of amides is 3. The second-order valence-electron chi connectivity index (χ2n) is 3.90. The Morgan fingerprint density at radius 2 is 1.81 bits per heavy atom. The molecular weight excluding hydrogens is 343 g/mol. The molecule has 0 aliphatic heterocycles. The Balaban J connectivity index is 1.87. The molecule has 0 saturated carbocycles.